The molecule has 0 unspecified atom stereocenters. The van der Waals surface area contributed by atoms with E-state index in [4.69, 9.17) is 19.9 Å². The highest BCUT2D eigenvalue weighted by Gasteiger charge is 2.29. The Balaban J connectivity index is 1.66. The number of carbonyl (C=O) groups excluding carboxylic acids is 3. The van der Waals surface area contributed by atoms with Crippen molar-refractivity contribution in [2.45, 2.75) is 19.1 Å². The van der Waals surface area contributed by atoms with Crippen molar-refractivity contribution in [2.24, 2.45) is 0 Å². The zero-order valence-electron chi connectivity index (χ0n) is 23.5. The first-order chi connectivity index (χ1) is 20.7. The number of phenols is 1. The third-order valence-electron chi connectivity index (χ3n) is 6.27. The maximum Gasteiger partial charge on any atom is 0.412 e. The Morgan fingerprint density at radius 2 is 1.58 bits per heavy atom. The Kier molecular flexibility index (Phi) is 9.99. The Bertz CT molecular complexity index is 1600. The van der Waals surface area contributed by atoms with E-state index >= 15 is 0 Å². The molecule has 0 radical (unpaired) electrons. The lowest BCUT2D eigenvalue weighted by Crippen LogP contribution is -2.30. The summed E-state index contributed by atoms with van der Waals surface area (Å²) in [4.78, 5) is 37.6. The van der Waals surface area contributed by atoms with Crippen LogP contribution >= 0.6 is 0 Å². The van der Waals surface area contributed by atoms with E-state index in [2.05, 4.69) is 10.6 Å². The number of aromatic hydroxyl groups is 1. The molecule has 2 atom stereocenters. The van der Waals surface area contributed by atoms with Gasteiger partial charge in [0.25, 0.3) is 0 Å². The number of Topliss-reactive ketones (excluding diaryl/α,β-unsaturated/α-hetero) is 1. The Labute approximate surface area is 248 Å². The number of ketones is 1. The van der Waals surface area contributed by atoms with Crippen LogP contribution in [0.3, 0.4) is 0 Å². The molecule has 4 aromatic carbocycles. The van der Waals surface area contributed by atoms with Gasteiger partial charge in [-0.1, -0.05) is 36.4 Å². The highest BCUT2D eigenvalue weighted by atomic mass is 16.6. The van der Waals surface area contributed by atoms with E-state index in [0.29, 0.717) is 33.9 Å². The molecule has 220 valence electrons. The van der Waals surface area contributed by atoms with Crippen molar-refractivity contribution in [1.29, 1.82) is 0 Å². The molecule has 5 N–H and O–H groups in total. The first kappa shape index (κ1) is 30.2. The minimum Gasteiger partial charge on any atom is -0.504 e. The fourth-order valence-corrected chi connectivity index (χ4v) is 4.09. The molecule has 0 heterocycles. The molecule has 4 aromatic rings. The van der Waals surface area contributed by atoms with Crippen molar-refractivity contribution >= 4 is 34.8 Å². The molecule has 0 aliphatic heterocycles. The molecule has 0 fully saturated rings. The summed E-state index contributed by atoms with van der Waals surface area (Å²) in [6.07, 6.45) is -0.340. The van der Waals surface area contributed by atoms with Gasteiger partial charge in [-0.05, 0) is 73.7 Å². The first-order valence-corrected chi connectivity index (χ1v) is 13.2. The number of rotatable bonds is 11. The molecule has 0 aromatic heterocycles. The van der Waals surface area contributed by atoms with Gasteiger partial charge in [-0.3, -0.25) is 14.9 Å². The molecule has 0 spiro atoms. The van der Waals surface area contributed by atoms with Gasteiger partial charge in [0.1, 0.15) is 5.75 Å². The summed E-state index contributed by atoms with van der Waals surface area (Å²) in [7, 11) is 1.41. The zero-order chi connectivity index (χ0) is 30.8. The molecule has 0 aliphatic rings. The summed E-state index contributed by atoms with van der Waals surface area (Å²) < 4.78 is 17.2. The van der Waals surface area contributed by atoms with Crippen LogP contribution in [0.5, 0.6) is 17.2 Å². The number of hydrogen-bond donors (Lipinski definition) is 4. The van der Waals surface area contributed by atoms with Gasteiger partial charge in [0, 0.05) is 22.9 Å². The van der Waals surface area contributed by atoms with Crippen molar-refractivity contribution in [2.75, 3.05) is 23.5 Å². The van der Waals surface area contributed by atoms with Crippen LogP contribution in [-0.2, 0) is 9.53 Å². The SMILES string of the molecule is COc1ccc([C@H](OC(=O)Nc2ccc(C(C)=O)cc2)[C@H](/C=C/C(=O)Nc2ccccc2N)Oc2ccccc2)cc1O. The number of carbonyl (C=O) groups is 3. The van der Waals surface area contributed by atoms with Gasteiger partial charge in [-0.2, -0.15) is 0 Å². The third kappa shape index (κ3) is 8.37. The molecule has 2 amide bonds. The van der Waals surface area contributed by atoms with Gasteiger partial charge >= 0.3 is 6.09 Å². The number of phenolic OH excluding ortho intramolecular Hbond substituents is 1. The maximum atomic E-state index is 13.1. The molecular weight excluding hydrogens is 550 g/mol. The van der Waals surface area contributed by atoms with E-state index in [0.717, 1.165) is 0 Å². The van der Waals surface area contributed by atoms with Gasteiger partial charge < -0.3 is 30.4 Å². The fourth-order valence-electron chi connectivity index (χ4n) is 4.09. The quantitative estimate of drug-likeness (QED) is 0.0941. The van der Waals surface area contributed by atoms with Crippen LogP contribution in [0.1, 0.15) is 28.9 Å². The molecule has 0 saturated carbocycles. The molecule has 10 nitrogen and oxygen atoms in total. The number of nitrogens with two attached hydrogens (primary N) is 1. The first-order valence-electron chi connectivity index (χ1n) is 13.2. The van der Waals surface area contributed by atoms with Gasteiger partial charge in [-0.15, -0.1) is 0 Å². The maximum absolute atomic E-state index is 13.1. The molecular formula is C33H31N3O7. The van der Waals surface area contributed by atoms with Crippen LogP contribution in [0, 0.1) is 0 Å². The van der Waals surface area contributed by atoms with E-state index in [-0.39, 0.29) is 17.3 Å². The standard InChI is InChI=1S/C33H31N3O7/c1-21(37)22-12-15-24(16-13-22)35-33(40)43-32(23-14-17-29(41-2)28(38)20-23)30(42-25-8-4-3-5-9-25)18-19-31(39)36-27-11-7-6-10-26(27)34/h3-20,30,32,38H,34H2,1-2H3,(H,35,40)(H,36,39)/b19-18+/t30-,32-/m0/s1. The van der Waals surface area contributed by atoms with E-state index in [1.807, 2.05) is 6.07 Å². The zero-order valence-corrected chi connectivity index (χ0v) is 23.5. The second-order valence-electron chi connectivity index (χ2n) is 9.35. The number of methoxy groups -OCH3 is 1. The number of benzene rings is 4. The van der Waals surface area contributed by atoms with Gasteiger partial charge in [0.05, 0.1) is 18.5 Å². The minimum absolute atomic E-state index is 0.111. The summed E-state index contributed by atoms with van der Waals surface area (Å²) in [6, 6.07) is 26.4. The summed E-state index contributed by atoms with van der Waals surface area (Å²) in [6.45, 7) is 1.45. The van der Waals surface area contributed by atoms with Crippen molar-refractivity contribution in [3.63, 3.8) is 0 Å². The highest BCUT2D eigenvalue weighted by Crippen LogP contribution is 2.34. The van der Waals surface area contributed by atoms with Crippen LogP contribution < -0.4 is 25.8 Å². The summed E-state index contributed by atoms with van der Waals surface area (Å²) in [5.41, 5.74) is 8.01. The average Bonchev–Trinajstić information content (AvgIpc) is 3.00. The second-order valence-corrected chi connectivity index (χ2v) is 9.35. The molecule has 0 saturated heterocycles. The Morgan fingerprint density at radius 1 is 0.884 bits per heavy atom. The van der Waals surface area contributed by atoms with Crippen molar-refractivity contribution in [3.05, 3.63) is 120 Å². The number of para-hydroxylation sites is 3. The smallest absolute Gasteiger partial charge is 0.412 e. The van der Waals surface area contributed by atoms with Crippen LogP contribution in [0.4, 0.5) is 21.9 Å². The molecule has 0 aliphatic carbocycles. The normalized spacial score (nSPS) is 12.1. The van der Waals surface area contributed by atoms with Crippen LogP contribution in [0.25, 0.3) is 0 Å². The van der Waals surface area contributed by atoms with Crippen LogP contribution in [0.2, 0.25) is 0 Å². The summed E-state index contributed by atoms with van der Waals surface area (Å²) >= 11 is 0. The molecule has 10 heteroatoms. The number of nitrogen functional groups attached to an aromatic ring is 1. The van der Waals surface area contributed by atoms with Gasteiger partial charge in [-0.25, -0.2) is 4.79 Å². The van der Waals surface area contributed by atoms with Gasteiger partial charge in [0.2, 0.25) is 5.91 Å². The third-order valence-corrected chi connectivity index (χ3v) is 6.27. The largest absolute Gasteiger partial charge is 0.504 e. The summed E-state index contributed by atoms with van der Waals surface area (Å²) in [5, 5.41) is 15.9. The monoisotopic (exact) mass is 581 g/mol. The van der Waals surface area contributed by atoms with Crippen molar-refractivity contribution in [3.8, 4) is 17.2 Å². The average molecular weight is 582 g/mol. The lowest BCUT2D eigenvalue weighted by Gasteiger charge is -2.26. The van der Waals surface area contributed by atoms with Crippen LogP contribution in [0.15, 0.2) is 109 Å². The van der Waals surface area contributed by atoms with Gasteiger partial charge in [0.15, 0.2) is 29.5 Å². The van der Waals surface area contributed by atoms with E-state index in [1.165, 1.54) is 38.3 Å². The number of anilines is 3. The van der Waals surface area contributed by atoms with Crippen LogP contribution in [-0.4, -0.2) is 36.1 Å². The molecule has 0 bridgehead atoms. The van der Waals surface area contributed by atoms with Crippen molar-refractivity contribution < 1.29 is 33.7 Å². The number of nitrogens with one attached hydrogen (secondary N) is 2. The molecule has 43 heavy (non-hydrogen) atoms. The van der Waals surface area contributed by atoms with E-state index in [9.17, 15) is 19.5 Å². The number of hydrogen-bond acceptors (Lipinski definition) is 8. The number of amides is 2. The molecule has 4 rings (SSSR count). The lowest BCUT2D eigenvalue weighted by atomic mass is 10.0. The van der Waals surface area contributed by atoms with E-state index in [1.54, 1.807) is 78.9 Å². The summed E-state index contributed by atoms with van der Waals surface area (Å²) in [5.74, 6) is -0.135. The Morgan fingerprint density at radius 3 is 2.23 bits per heavy atom. The minimum atomic E-state index is -1.15. The number of ether oxygens (including phenoxy) is 3. The highest BCUT2D eigenvalue weighted by molar-refractivity contribution is 6.01. The Hall–Kier alpha value is -5.77. The van der Waals surface area contributed by atoms with E-state index < -0.39 is 24.2 Å². The lowest BCUT2D eigenvalue weighted by molar-refractivity contribution is -0.112. The predicted octanol–water partition coefficient (Wildman–Crippen LogP) is 6.12. The fraction of sp³-hybridized carbons (Fsp3) is 0.121. The van der Waals surface area contributed by atoms with Crippen molar-refractivity contribution in [1.82, 2.24) is 0 Å². The predicted molar refractivity (Wildman–Crippen MR) is 163 cm³/mol. The topological polar surface area (TPSA) is 149 Å². The second kappa shape index (κ2) is 14.2.